The van der Waals surface area contributed by atoms with Crippen LogP contribution < -0.4 is 5.32 Å². The number of carbonyl (C=O) groups is 1. The van der Waals surface area contributed by atoms with E-state index >= 15 is 0 Å². The highest BCUT2D eigenvalue weighted by Crippen LogP contribution is 2.22. The number of urea groups is 1. The molecule has 0 saturated carbocycles. The Balaban J connectivity index is 1.66. The lowest BCUT2D eigenvalue weighted by Crippen LogP contribution is -2.43. The quantitative estimate of drug-likeness (QED) is 0.894. The zero-order valence-corrected chi connectivity index (χ0v) is 14.2. The number of hydrogen-bond donors (Lipinski definition) is 1. The van der Waals surface area contributed by atoms with Gasteiger partial charge >= 0.3 is 6.03 Å². The van der Waals surface area contributed by atoms with Crippen LogP contribution in [0.4, 0.5) is 4.79 Å². The van der Waals surface area contributed by atoms with Crippen molar-refractivity contribution in [2.24, 2.45) is 0 Å². The SMILES string of the molecule is CN(Cc1c(Cl)nc2sccn12)C(=O)NC1CCS(=O)(=O)C1. The van der Waals surface area contributed by atoms with E-state index in [1.165, 1.54) is 16.2 Å². The highest BCUT2D eigenvalue weighted by Gasteiger charge is 2.29. The summed E-state index contributed by atoms with van der Waals surface area (Å²) in [5.74, 6) is 0.139. The zero-order chi connectivity index (χ0) is 15.9. The Labute approximate surface area is 136 Å². The highest BCUT2D eigenvalue weighted by molar-refractivity contribution is 7.91. The first-order valence-electron chi connectivity index (χ1n) is 6.68. The summed E-state index contributed by atoms with van der Waals surface area (Å²) in [6.07, 6.45) is 2.31. The summed E-state index contributed by atoms with van der Waals surface area (Å²) in [5.41, 5.74) is 0.731. The predicted octanol–water partition coefficient (Wildman–Crippen LogP) is 1.38. The number of nitrogens with one attached hydrogen (secondary N) is 1. The molecule has 7 nitrogen and oxygen atoms in total. The molecular formula is C12H15ClN4O3S2. The van der Waals surface area contributed by atoms with E-state index in [0.29, 0.717) is 18.1 Å². The van der Waals surface area contributed by atoms with Gasteiger partial charge in [-0.15, -0.1) is 11.3 Å². The number of thiazole rings is 1. The molecule has 2 aromatic heterocycles. The summed E-state index contributed by atoms with van der Waals surface area (Å²) >= 11 is 7.57. The third-order valence-corrected chi connectivity index (χ3v) is 6.43. The summed E-state index contributed by atoms with van der Waals surface area (Å²) in [6, 6.07) is -0.634. The lowest BCUT2D eigenvalue weighted by atomic mass is 10.3. The Morgan fingerprint density at radius 2 is 2.41 bits per heavy atom. The van der Waals surface area contributed by atoms with Crippen LogP contribution in [0.3, 0.4) is 0 Å². The highest BCUT2D eigenvalue weighted by atomic mass is 35.5. The van der Waals surface area contributed by atoms with E-state index in [-0.39, 0.29) is 23.6 Å². The minimum atomic E-state index is -3.01. The second-order valence-corrected chi connectivity index (χ2v) is 8.77. The van der Waals surface area contributed by atoms with Crippen molar-refractivity contribution in [3.05, 3.63) is 22.4 Å². The third-order valence-electron chi connectivity index (χ3n) is 3.61. The number of sulfone groups is 1. The molecule has 1 N–H and O–H groups in total. The van der Waals surface area contributed by atoms with Gasteiger partial charge in [-0.3, -0.25) is 4.40 Å². The van der Waals surface area contributed by atoms with Crippen molar-refractivity contribution in [2.45, 2.75) is 19.0 Å². The van der Waals surface area contributed by atoms with Crippen molar-refractivity contribution < 1.29 is 13.2 Å². The van der Waals surface area contributed by atoms with Gasteiger partial charge in [0.25, 0.3) is 0 Å². The largest absolute Gasteiger partial charge is 0.334 e. The van der Waals surface area contributed by atoms with Crippen molar-refractivity contribution in [1.82, 2.24) is 19.6 Å². The predicted molar refractivity (Wildman–Crippen MR) is 85.1 cm³/mol. The molecule has 1 fully saturated rings. The molecule has 3 rings (SSSR count). The molecule has 0 spiro atoms. The number of halogens is 1. The Morgan fingerprint density at radius 1 is 1.64 bits per heavy atom. The van der Waals surface area contributed by atoms with E-state index in [9.17, 15) is 13.2 Å². The van der Waals surface area contributed by atoms with Crippen LogP contribution in [0.15, 0.2) is 11.6 Å². The molecular weight excluding hydrogens is 348 g/mol. The number of carbonyl (C=O) groups excluding carboxylic acids is 1. The number of aromatic nitrogens is 2. The monoisotopic (exact) mass is 362 g/mol. The molecule has 1 aliphatic rings. The molecule has 1 saturated heterocycles. The van der Waals surface area contributed by atoms with Crippen LogP contribution in [0, 0.1) is 0 Å². The standard InChI is InChI=1S/C12H15ClN4O3S2/c1-16(11(18)14-8-2-5-22(19,20)7-8)6-9-10(13)15-12-17(9)3-4-21-12/h3-4,8H,2,5-7H2,1H3,(H,14,18). The van der Waals surface area contributed by atoms with Gasteiger partial charge in [0.2, 0.25) is 0 Å². The number of imidazole rings is 1. The van der Waals surface area contributed by atoms with Gasteiger partial charge in [0.15, 0.2) is 20.0 Å². The third kappa shape index (κ3) is 3.06. The van der Waals surface area contributed by atoms with Crippen LogP contribution >= 0.6 is 22.9 Å². The summed E-state index contributed by atoms with van der Waals surface area (Å²) in [5, 5.41) is 5.01. The van der Waals surface area contributed by atoms with Crippen molar-refractivity contribution in [1.29, 1.82) is 0 Å². The maximum atomic E-state index is 12.2. The molecule has 1 atom stereocenters. The van der Waals surface area contributed by atoms with Gasteiger partial charge < -0.3 is 10.2 Å². The van der Waals surface area contributed by atoms with Crippen molar-refractivity contribution in [2.75, 3.05) is 18.6 Å². The molecule has 0 aliphatic carbocycles. The van der Waals surface area contributed by atoms with Gasteiger partial charge in [0.1, 0.15) is 0 Å². The summed E-state index contributed by atoms with van der Waals surface area (Å²) in [7, 11) is -1.37. The Morgan fingerprint density at radius 3 is 3.09 bits per heavy atom. The topological polar surface area (TPSA) is 83.8 Å². The number of hydrogen-bond acceptors (Lipinski definition) is 5. The number of amides is 2. The average molecular weight is 363 g/mol. The van der Waals surface area contributed by atoms with Crippen LogP contribution in [0.2, 0.25) is 5.15 Å². The van der Waals surface area contributed by atoms with Gasteiger partial charge in [-0.05, 0) is 6.42 Å². The van der Waals surface area contributed by atoms with E-state index < -0.39 is 9.84 Å². The first-order valence-corrected chi connectivity index (χ1v) is 9.75. The molecule has 0 radical (unpaired) electrons. The fourth-order valence-corrected chi connectivity index (χ4v) is 5.12. The minimum absolute atomic E-state index is 0.00872. The second kappa shape index (κ2) is 5.71. The minimum Gasteiger partial charge on any atom is -0.334 e. The van der Waals surface area contributed by atoms with E-state index in [0.717, 1.165) is 10.7 Å². The van der Waals surface area contributed by atoms with Crippen molar-refractivity contribution >= 4 is 43.8 Å². The van der Waals surface area contributed by atoms with Gasteiger partial charge in [-0.2, -0.15) is 0 Å². The summed E-state index contributed by atoms with van der Waals surface area (Å²) in [6.45, 7) is 0.294. The van der Waals surface area contributed by atoms with Crippen molar-refractivity contribution in [3.63, 3.8) is 0 Å². The lowest BCUT2D eigenvalue weighted by molar-refractivity contribution is 0.203. The number of nitrogens with zero attached hydrogens (tertiary/aromatic N) is 3. The number of fused-ring (bicyclic) bond motifs is 1. The Hall–Kier alpha value is -1.32. The normalized spacial score (nSPS) is 20.4. The molecule has 120 valence electrons. The lowest BCUT2D eigenvalue weighted by Gasteiger charge is -2.20. The molecule has 0 aromatic carbocycles. The molecule has 0 bridgehead atoms. The van der Waals surface area contributed by atoms with Gasteiger partial charge in [-0.25, -0.2) is 18.2 Å². The Bertz CT molecular complexity index is 814. The van der Waals surface area contributed by atoms with Crippen LogP contribution in [-0.2, 0) is 16.4 Å². The smallest absolute Gasteiger partial charge is 0.317 e. The molecule has 2 amide bonds. The van der Waals surface area contributed by atoms with Gasteiger partial charge in [0, 0.05) is 24.7 Å². The summed E-state index contributed by atoms with van der Waals surface area (Å²) < 4.78 is 24.7. The molecule has 3 heterocycles. The van der Waals surface area contributed by atoms with Crippen LogP contribution in [0.1, 0.15) is 12.1 Å². The molecule has 2 aromatic rings. The first-order chi connectivity index (χ1) is 10.4. The molecule has 22 heavy (non-hydrogen) atoms. The summed E-state index contributed by atoms with van der Waals surface area (Å²) in [4.78, 5) is 18.6. The van der Waals surface area contributed by atoms with Crippen LogP contribution in [0.5, 0.6) is 0 Å². The first kappa shape index (κ1) is 15.6. The maximum Gasteiger partial charge on any atom is 0.317 e. The molecule has 1 aliphatic heterocycles. The van der Waals surface area contributed by atoms with Crippen molar-refractivity contribution in [3.8, 4) is 0 Å². The average Bonchev–Trinajstić information content (AvgIpc) is 3.08. The van der Waals surface area contributed by atoms with Gasteiger partial charge in [-0.1, -0.05) is 11.6 Å². The van der Waals surface area contributed by atoms with Crippen LogP contribution in [0.25, 0.3) is 4.96 Å². The second-order valence-electron chi connectivity index (χ2n) is 5.31. The maximum absolute atomic E-state index is 12.2. The fourth-order valence-electron chi connectivity index (χ4n) is 2.44. The van der Waals surface area contributed by atoms with Crippen LogP contribution in [-0.4, -0.2) is 53.3 Å². The van der Waals surface area contributed by atoms with E-state index in [4.69, 9.17) is 11.6 Å². The number of rotatable bonds is 3. The zero-order valence-electron chi connectivity index (χ0n) is 11.8. The molecule has 10 heteroatoms. The van der Waals surface area contributed by atoms with E-state index in [2.05, 4.69) is 10.3 Å². The van der Waals surface area contributed by atoms with E-state index in [1.807, 2.05) is 16.0 Å². The van der Waals surface area contributed by atoms with Gasteiger partial charge in [0.05, 0.1) is 23.7 Å². The fraction of sp³-hybridized carbons (Fsp3) is 0.500. The Kier molecular flexibility index (Phi) is 4.04. The molecule has 1 unspecified atom stereocenters. The van der Waals surface area contributed by atoms with E-state index in [1.54, 1.807) is 7.05 Å².